The molecule has 1 saturated carbocycles. The molecule has 14 heteroatoms. The van der Waals surface area contributed by atoms with E-state index in [1.165, 1.54) is 25.2 Å². The zero-order valence-electron chi connectivity index (χ0n) is 30.2. The molecule has 0 bridgehead atoms. The number of imide groups is 2. The predicted molar refractivity (Wildman–Crippen MR) is 212 cm³/mol. The fourth-order valence-electron chi connectivity index (χ4n) is 9.35. The molecular formula is C42H36BrCl2N3O8. The van der Waals surface area contributed by atoms with Crippen molar-refractivity contribution in [1.82, 2.24) is 9.91 Å². The lowest BCUT2D eigenvalue weighted by Crippen LogP contribution is -2.53. The molecule has 8 rings (SSSR count). The van der Waals surface area contributed by atoms with Crippen LogP contribution >= 0.6 is 39.1 Å². The molecule has 6 atom stereocenters. The highest BCUT2D eigenvalue weighted by atomic mass is 79.9. The Bertz CT molecular complexity index is 2320. The summed E-state index contributed by atoms with van der Waals surface area (Å²) in [7, 11) is 2.95. The average Bonchev–Trinajstić information content (AvgIpc) is 3.56. The number of nitrogens with one attached hydrogen (secondary N) is 1. The summed E-state index contributed by atoms with van der Waals surface area (Å²) in [6, 6.07) is 21.5. The molecule has 3 fully saturated rings. The van der Waals surface area contributed by atoms with Crippen molar-refractivity contribution in [3.63, 3.8) is 0 Å². The van der Waals surface area contributed by atoms with E-state index in [9.17, 15) is 24.6 Å². The Balaban J connectivity index is 1.30. The van der Waals surface area contributed by atoms with Crippen LogP contribution < -0.4 is 14.9 Å². The van der Waals surface area contributed by atoms with Crippen molar-refractivity contribution in [3.05, 3.63) is 122 Å². The Morgan fingerprint density at radius 2 is 1.61 bits per heavy atom. The van der Waals surface area contributed by atoms with E-state index in [-0.39, 0.29) is 59.2 Å². The van der Waals surface area contributed by atoms with Crippen LogP contribution in [-0.4, -0.2) is 64.5 Å². The normalized spacial score (nSPS) is 25.4. The quantitative estimate of drug-likeness (QED) is 0.116. The summed E-state index contributed by atoms with van der Waals surface area (Å²) in [5.74, 6) is -5.48. The number of rotatable bonds is 9. The highest BCUT2D eigenvalue weighted by Crippen LogP contribution is 2.65. The maximum Gasteiger partial charge on any atom is 0.260 e. The summed E-state index contributed by atoms with van der Waals surface area (Å²) in [4.78, 5) is 60.4. The zero-order chi connectivity index (χ0) is 39.6. The van der Waals surface area contributed by atoms with Crippen LogP contribution in [0.25, 0.3) is 0 Å². The van der Waals surface area contributed by atoms with Crippen molar-refractivity contribution in [2.24, 2.45) is 23.7 Å². The average molecular weight is 862 g/mol. The fraction of sp³-hybridized carbons (Fsp3) is 0.286. The van der Waals surface area contributed by atoms with Gasteiger partial charge in [-0.1, -0.05) is 75.0 Å². The molecule has 0 spiro atoms. The number of amides is 4. The topological polar surface area (TPSA) is 146 Å². The van der Waals surface area contributed by atoms with Crippen LogP contribution in [-0.2, 0) is 31.0 Å². The third-order valence-electron chi connectivity index (χ3n) is 11.8. The number of phenols is 2. The summed E-state index contributed by atoms with van der Waals surface area (Å²) >= 11 is 16.3. The van der Waals surface area contributed by atoms with Crippen LogP contribution in [0.15, 0.2) is 95.0 Å². The summed E-state index contributed by atoms with van der Waals surface area (Å²) in [5, 5.41) is 23.2. The van der Waals surface area contributed by atoms with E-state index in [4.69, 9.17) is 32.7 Å². The first-order valence-electron chi connectivity index (χ1n) is 18.0. The Morgan fingerprint density at radius 3 is 2.29 bits per heavy atom. The van der Waals surface area contributed by atoms with Gasteiger partial charge >= 0.3 is 0 Å². The highest BCUT2D eigenvalue weighted by Gasteiger charge is 2.70. The molecule has 11 nitrogen and oxygen atoms in total. The smallest absolute Gasteiger partial charge is 0.260 e. The third-order valence-corrected chi connectivity index (χ3v) is 12.8. The van der Waals surface area contributed by atoms with E-state index < -0.39 is 46.8 Å². The second-order valence-electron chi connectivity index (χ2n) is 14.5. The minimum atomic E-state index is -1.67. The van der Waals surface area contributed by atoms with Gasteiger partial charge in [-0.05, 0) is 90.9 Å². The second-order valence-corrected chi connectivity index (χ2v) is 16.3. The number of hydrogen-bond donors (Lipinski definition) is 3. The van der Waals surface area contributed by atoms with Crippen LogP contribution in [0.5, 0.6) is 23.0 Å². The summed E-state index contributed by atoms with van der Waals surface area (Å²) < 4.78 is 11.6. The Kier molecular flexibility index (Phi) is 9.79. The zero-order valence-corrected chi connectivity index (χ0v) is 33.3. The first-order valence-corrected chi connectivity index (χ1v) is 19.6. The van der Waals surface area contributed by atoms with E-state index in [2.05, 4.69) is 21.4 Å². The molecule has 4 aliphatic rings. The van der Waals surface area contributed by atoms with Crippen LogP contribution in [0.3, 0.4) is 0 Å². The lowest BCUT2D eigenvalue weighted by Gasteiger charge is -2.50. The standard InChI is InChI=1S/C42H36BrCl2N3O8/c1-55-26-10-5-22(6-11-26)42-31(39(52)48(41(42)54)46-33-14-7-24(44)19-32(33)45)20-29-27(36(42)30-17-23(43)18-34(56-2)37(30)50)12-13-28-35(29)40(53)47(38(28)51)16-15-21-3-8-25(49)9-4-21/h3-12,14,17-19,28-29,31,35-36,46,49-50H,13,15-16,20H2,1-2H3/t28-,29+,31-,35-,36+,42+/m0/s1. The maximum absolute atomic E-state index is 15.5. The molecule has 2 saturated heterocycles. The van der Waals surface area contributed by atoms with Crippen molar-refractivity contribution >= 4 is 68.4 Å². The SMILES string of the molecule is COc1ccc([C@@]23C(=O)N(Nc4ccc(Cl)cc4Cl)C(=O)[C@@H]2C[C@@H]2C(=CC[C@@H]4C(=O)N(CCc5ccc(O)cc5)C(=O)[C@@H]42)[C@@H]3c2cc(Br)cc(OC)c2O)cc1. The Morgan fingerprint density at radius 1 is 0.875 bits per heavy atom. The van der Waals surface area contributed by atoms with E-state index in [0.717, 1.165) is 10.6 Å². The van der Waals surface area contributed by atoms with Gasteiger partial charge in [0, 0.05) is 27.5 Å². The van der Waals surface area contributed by atoms with Crippen molar-refractivity contribution < 1.29 is 38.9 Å². The monoisotopic (exact) mass is 859 g/mol. The first-order chi connectivity index (χ1) is 26.9. The summed E-state index contributed by atoms with van der Waals surface area (Å²) in [5.41, 5.74) is 3.88. The largest absolute Gasteiger partial charge is 0.508 e. The molecule has 288 valence electrons. The number of carbonyl (C=O) groups is 4. The molecular weight excluding hydrogens is 825 g/mol. The van der Waals surface area contributed by atoms with E-state index in [1.54, 1.807) is 72.8 Å². The van der Waals surface area contributed by atoms with Gasteiger partial charge in [-0.2, -0.15) is 5.01 Å². The number of nitrogens with zero attached hydrogens (tertiary/aromatic N) is 2. The van der Waals surface area contributed by atoms with Crippen LogP contribution in [0.2, 0.25) is 10.0 Å². The number of aromatic hydroxyl groups is 2. The lowest BCUT2D eigenvalue weighted by atomic mass is 9.49. The lowest BCUT2D eigenvalue weighted by molar-refractivity contribution is -0.141. The number of carbonyl (C=O) groups excluding carboxylic acids is 4. The molecule has 4 amide bonds. The second kappa shape index (κ2) is 14.5. The molecule has 4 aromatic rings. The highest BCUT2D eigenvalue weighted by molar-refractivity contribution is 9.10. The summed E-state index contributed by atoms with van der Waals surface area (Å²) in [6.07, 6.45) is 2.58. The number of hydrogen-bond acceptors (Lipinski definition) is 9. The molecule has 56 heavy (non-hydrogen) atoms. The van der Waals surface area contributed by atoms with E-state index in [0.29, 0.717) is 38.4 Å². The van der Waals surface area contributed by atoms with Gasteiger partial charge in [0.15, 0.2) is 11.5 Å². The number of benzene rings is 4. The van der Waals surface area contributed by atoms with Crippen molar-refractivity contribution in [2.45, 2.75) is 30.6 Å². The van der Waals surface area contributed by atoms with Gasteiger partial charge in [0.05, 0.1) is 48.1 Å². The van der Waals surface area contributed by atoms with Gasteiger partial charge < -0.3 is 19.7 Å². The summed E-state index contributed by atoms with van der Waals surface area (Å²) in [6.45, 7) is 0.140. The van der Waals surface area contributed by atoms with Crippen LogP contribution in [0, 0.1) is 23.7 Å². The minimum Gasteiger partial charge on any atom is -0.508 e. The van der Waals surface area contributed by atoms with Gasteiger partial charge in [0.25, 0.3) is 11.8 Å². The van der Waals surface area contributed by atoms with Crippen molar-refractivity contribution in [3.8, 4) is 23.0 Å². The molecule has 4 aromatic carbocycles. The maximum atomic E-state index is 15.5. The molecule has 2 heterocycles. The molecule has 3 N–H and O–H groups in total. The predicted octanol–water partition coefficient (Wildman–Crippen LogP) is 7.41. The van der Waals surface area contributed by atoms with Gasteiger partial charge in [-0.3, -0.25) is 29.5 Å². The first kappa shape index (κ1) is 37.9. The van der Waals surface area contributed by atoms with Crippen LogP contribution in [0.4, 0.5) is 5.69 Å². The number of fused-ring (bicyclic) bond motifs is 4. The van der Waals surface area contributed by atoms with Gasteiger partial charge in [0.1, 0.15) is 11.5 Å². The number of methoxy groups -OCH3 is 2. The molecule has 0 unspecified atom stereocenters. The molecule has 2 aliphatic heterocycles. The van der Waals surface area contributed by atoms with Crippen molar-refractivity contribution in [1.29, 1.82) is 0 Å². The number of anilines is 1. The third kappa shape index (κ3) is 5.92. The Hall–Kier alpha value is -5.04. The van der Waals surface area contributed by atoms with Gasteiger partial charge in [-0.25, -0.2) is 0 Å². The van der Waals surface area contributed by atoms with Crippen molar-refractivity contribution in [2.75, 3.05) is 26.2 Å². The molecule has 2 aliphatic carbocycles. The number of hydrazine groups is 1. The minimum absolute atomic E-state index is 0.0589. The molecule has 0 radical (unpaired) electrons. The number of likely N-dealkylation sites (tertiary alicyclic amines) is 1. The number of ether oxygens (including phenoxy) is 2. The number of phenolic OH excluding ortho intramolecular Hbond substituents is 2. The van der Waals surface area contributed by atoms with E-state index in [1.807, 2.05) is 6.08 Å². The number of allylic oxidation sites excluding steroid dienone is 2. The van der Waals surface area contributed by atoms with E-state index >= 15 is 4.79 Å². The Labute approximate surface area is 340 Å². The number of halogens is 3. The molecule has 0 aromatic heterocycles. The van der Waals surface area contributed by atoms with Crippen LogP contribution in [0.1, 0.15) is 35.4 Å². The van der Waals surface area contributed by atoms with Gasteiger partial charge in [-0.15, -0.1) is 0 Å². The fourth-order valence-corrected chi connectivity index (χ4v) is 10.3. The van der Waals surface area contributed by atoms with Gasteiger partial charge in [0.2, 0.25) is 11.8 Å².